The molecule has 3 aromatic rings. The average molecular weight is 411 g/mol. The van der Waals surface area contributed by atoms with E-state index in [1.54, 1.807) is 42.5 Å². The van der Waals surface area contributed by atoms with Crippen molar-refractivity contribution in [3.8, 4) is 11.3 Å². The van der Waals surface area contributed by atoms with Gasteiger partial charge in [-0.15, -0.1) is 11.3 Å². The SMILES string of the molecule is COC(=O)c1ccc(-c2ccc(/C=c3/s/c(=C\C(=O)C(C)(C)C)[nH]c3=O)o2)cc1. The van der Waals surface area contributed by atoms with Gasteiger partial charge < -0.3 is 14.1 Å². The molecule has 2 heterocycles. The van der Waals surface area contributed by atoms with Crippen molar-refractivity contribution in [1.82, 2.24) is 4.98 Å². The molecule has 0 fully saturated rings. The fraction of sp³-hybridized carbons (Fsp3) is 0.227. The van der Waals surface area contributed by atoms with Crippen molar-refractivity contribution < 1.29 is 18.7 Å². The molecule has 150 valence electrons. The van der Waals surface area contributed by atoms with Gasteiger partial charge in [-0.2, -0.15) is 0 Å². The number of rotatable bonds is 4. The Kier molecular flexibility index (Phi) is 5.70. The molecule has 0 saturated carbocycles. The number of esters is 1. The lowest BCUT2D eigenvalue weighted by molar-refractivity contribution is -0.119. The van der Waals surface area contributed by atoms with Crippen molar-refractivity contribution in [2.75, 3.05) is 7.11 Å². The van der Waals surface area contributed by atoms with Gasteiger partial charge in [0.15, 0.2) is 5.78 Å². The first-order valence-corrected chi connectivity index (χ1v) is 9.74. The van der Waals surface area contributed by atoms with Gasteiger partial charge in [0.1, 0.15) is 11.5 Å². The number of hydrogen-bond acceptors (Lipinski definition) is 6. The van der Waals surface area contributed by atoms with E-state index in [4.69, 9.17) is 4.42 Å². The average Bonchev–Trinajstić information content (AvgIpc) is 3.27. The molecule has 6 nitrogen and oxygen atoms in total. The van der Waals surface area contributed by atoms with Crippen LogP contribution in [0.15, 0.2) is 45.6 Å². The number of benzene rings is 1. The van der Waals surface area contributed by atoms with E-state index in [1.165, 1.54) is 24.5 Å². The molecule has 0 bridgehead atoms. The topological polar surface area (TPSA) is 89.4 Å². The number of H-pyrrole nitrogens is 1. The summed E-state index contributed by atoms with van der Waals surface area (Å²) in [6, 6.07) is 10.4. The number of ether oxygens (including phenoxy) is 1. The molecular weight excluding hydrogens is 390 g/mol. The lowest BCUT2D eigenvalue weighted by atomic mass is 9.91. The number of aromatic nitrogens is 1. The second-order valence-corrected chi connectivity index (χ2v) is 8.54. The van der Waals surface area contributed by atoms with Crippen LogP contribution >= 0.6 is 11.3 Å². The Labute approximate surface area is 171 Å². The standard InChI is InChI=1S/C22H21NO5S/c1-22(2,3)18(24)12-19-23-20(25)17(29-19)11-15-9-10-16(28-15)13-5-7-14(8-6-13)21(26)27-4/h5-12H,1-4H3,(H,23,25)/b17-11+,19-12-. The molecule has 29 heavy (non-hydrogen) atoms. The van der Waals surface area contributed by atoms with Crippen molar-refractivity contribution in [2.45, 2.75) is 20.8 Å². The number of furan rings is 1. The van der Waals surface area contributed by atoms with Crippen molar-refractivity contribution in [3.63, 3.8) is 0 Å². The summed E-state index contributed by atoms with van der Waals surface area (Å²) in [7, 11) is 1.33. The molecule has 1 aromatic carbocycles. The summed E-state index contributed by atoms with van der Waals surface area (Å²) in [6.07, 6.45) is 3.09. The second-order valence-electron chi connectivity index (χ2n) is 7.46. The fourth-order valence-corrected chi connectivity index (χ4v) is 3.33. The van der Waals surface area contributed by atoms with E-state index in [1.807, 2.05) is 20.8 Å². The van der Waals surface area contributed by atoms with Crippen LogP contribution in [0.5, 0.6) is 0 Å². The molecule has 7 heteroatoms. The highest BCUT2D eigenvalue weighted by atomic mass is 32.1. The maximum Gasteiger partial charge on any atom is 0.337 e. The predicted octanol–water partition coefficient (Wildman–Crippen LogP) is 2.71. The summed E-state index contributed by atoms with van der Waals surface area (Å²) in [6.45, 7) is 5.48. The molecule has 1 N–H and O–H groups in total. The fourth-order valence-electron chi connectivity index (χ4n) is 2.46. The molecule has 0 radical (unpaired) electrons. The zero-order valence-electron chi connectivity index (χ0n) is 16.6. The first-order valence-electron chi connectivity index (χ1n) is 8.93. The number of carbonyl (C=O) groups excluding carboxylic acids is 2. The minimum absolute atomic E-state index is 0.0581. The molecule has 0 atom stereocenters. The molecule has 0 amide bonds. The van der Waals surface area contributed by atoms with Crippen LogP contribution in [0, 0.1) is 5.41 Å². The van der Waals surface area contributed by atoms with Gasteiger partial charge >= 0.3 is 5.97 Å². The Morgan fingerprint density at radius 1 is 1.10 bits per heavy atom. The van der Waals surface area contributed by atoms with Crippen molar-refractivity contribution in [3.05, 3.63) is 67.3 Å². The quantitative estimate of drug-likeness (QED) is 0.667. The van der Waals surface area contributed by atoms with Gasteiger partial charge in [-0.3, -0.25) is 9.59 Å². The maximum atomic E-state index is 12.2. The lowest BCUT2D eigenvalue weighted by Gasteiger charge is -2.12. The number of aromatic amines is 1. The highest BCUT2D eigenvalue weighted by Crippen LogP contribution is 2.23. The zero-order chi connectivity index (χ0) is 21.2. The van der Waals surface area contributed by atoms with Crippen LogP contribution in [0.4, 0.5) is 0 Å². The number of carbonyl (C=O) groups is 2. The van der Waals surface area contributed by atoms with E-state index in [-0.39, 0.29) is 11.3 Å². The minimum atomic E-state index is -0.510. The Hall–Kier alpha value is -3.19. The van der Waals surface area contributed by atoms with Crippen molar-refractivity contribution >= 4 is 35.2 Å². The van der Waals surface area contributed by atoms with Gasteiger partial charge in [-0.05, 0) is 24.3 Å². The van der Waals surface area contributed by atoms with Crippen LogP contribution in [0.3, 0.4) is 0 Å². The van der Waals surface area contributed by atoms with Gasteiger partial charge in [0.2, 0.25) is 0 Å². The van der Waals surface area contributed by atoms with Gasteiger partial charge in [0.25, 0.3) is 5.56 Å². The van der Waals surface area contributed by atoms with E-state index in [0.29, 0.717) is 26.3 Å². The molecule has 0 saturated heterocycles. The molecular formula is C22H21NO5S. The summed E-state index contributed by atoms with van der Waals surface area (Å²) >= 11 is 1.20. The Bertz CT molecular complexity index is 1220. The first kappa shape index (κ1) is 20.5. The molecule has 0 aliphatic heterocycles. The van der Waals surface area contributed by atoms with E-state index in [0.717, 1.165) is 5.56 Å². The smallest absolute Gasteiger partial charge is 0.337 e. The number of thiazole rings is 1. The monoisotopic (exact) mass is 411 g/mol. The summed E-state index contributed by atoms with van der Waals surface area (Å²) in [5.74, 6) is 0.658. The lowest BCUT2D eigenvalue weighted by Crippen LogP contribution is -2.22. The highest BCUT2D eigenvalue weighted by Gasteiger charge is 2.18. The summed E-state index contributed by atoms with van der Waals surface area (Å²) in [5, 5.41) is 0. The van der Waals surface area contributed by atoms with Crippen molar-refractivity contribution in [1.29, 1.82) is 0 Å². The first-order chi connectivity index (χ1) is 13.7. The Morgan fingerprint density at radius 3 is 2.41 bits per heavy atom. The second kappa shape index (κ2) is 8.05. The van der Waals surface area contributed by atoms with Gasteiger partial charge in [0.05, 0.1) is 21.9 Å². The Morgan fingerprint density at radius 2 is 1.79 bits per heavy atom. The summed E-state index contributed by atoms with van der Waals surface area (Å²) in [4.78, 5) is 38.5. The highest BCUT2D eigenvalue weighted by molar-refractivity contribution is 7.07. The zero-order valence-corrected chi connectivity index (χ0v) is 17.4. The maximum absolute atomic E-state index is 12.2. The van der Waals surface area contributed by atoms with Crippen LogP contribution in [-0.2, 0) is 9.53 Å². The van der Waals surface area contributed by atoms with E-state index < -0.39 is 11.4 Å². The largest absolute Gasteiger partial charge is 0.465 e. The van der Waals surface area contributed by atoms with Crippen molar-refractivity contribution in [2.24, 2.45) is 5.41 Å². The predicted molar refractivity (Wildman–Crippen MR) is 112 cm³/mol. The van der Waals surface area contributed by atoms with Gasteiger partial charge in [0, 0.05) is 23.1 Å². The molecule has 3 rings (SSSR count). The van der Waals surface area contributed by atoms with E-state index in [9.17, 15) is 14.4 Å². The van der Waals surface area contributed by atoms with Crippen LogP contribution in [0.25, 0.3) is 23.5 Å². The number of Topliss-reactive ketones (excluding diaryl/α,β-unsaturated/α-hetero) is 1. The Balaban J connectivity index is 1.89. The number of nitrogens with one attached hydrogen (secondary N) is 1. The van der Waals surface area contributed by atoms with Crippen LogP contribution < -0.4 is 14.8 Å². The van der Waals surface area contributed by atoms with Crippen LogP contribution in [0.2, 0.25) is 0 Å². The van der Waals surface area contributed by atoms with Crippen LogP contribution in [0.1, 0.15) is 36.9 Å². The molecule has 2 aromatic heterocycles. The third-order valence-electron chi connectivity index (χ3n) is 4.17. The van der Waals surface area contributed by atoms with Crippen LogP contribution in [-0.4, -0.2) is 23.8 Å². The van der Waals surface area contributed by atoms with Gasteiger partial charge in [-0.1, -0.05) is 32.9 Å². The molecule has 0 aliphatic carbocycles. The van der Waals surface area contributed by atoms with E-state index >= 15 is 0 Å². The third-order valence-corrected chi connectivity index (χ3v) is 5.14. The minimum Gasteiger partial charge on any atom is -0.465 e. The summed E-state index contributed by atoms with van der Waals surface area (Å²) < 4.78 is 11.4. The normalized spacial score (nSPS) is 13.0. The van der Waals surface area contributed by atoms with E-state index in [2.05, 4.69) is 9.72 Å². The molecule has 0 aliphatic rings. The molecule has 0 spiro atoms. The molecule has 0 unspecified atom stereocenters. The van der Waals surface area contributed by atoms with Gasteiger partial charge in [-0.25, -0.2) is 4.79 Å². The number of methoxy groups -OCH3 is 1. The number of ketones is 1. The third kappa shape index (κ3) is 4.81. The summed E-state index contributed by atoms with van der Waals surface area (Å²) in [5.41, 5.74) is 0.461. The number of hydrogen-bond donors (Lipinski definition) is 1.